The van der Waals surface area contributed by atoms with Crippen molar-refractivity contribution >= 4 is 17.8 Å². The fourth-order valence-corrected chi connectivity index (χ4v) is 3.20. The molecule has 1 amide bonds. The highest BCUT2D eigenvalue weighted by atomic mass is 19.4. The quantitative estimate of drug-likeness (QED) is 0.396. The third kappa shape index (κ3) is 4.88. The molecule has 8 nitrogen and oxygen atoms in total. The molecule has 11 heteroatoms. The van der Waals surface area contributed by atoms with Crippen LogP contribution in [0.1, 0.15) is 20.7 Å². The summed E-state index contributed by atoms with van der Waals surface area (Å²) in [4.78, 5) is 28.5. The van der Waals surface area contributed by atoms with E-state index in [2.05, 4.69) is 20.2 Å². The van der Waals surface area contributed by atoms with Gasteiger partial charge in [0.25, 0.3) is 5.91 Å². The zero-order valence-electron chi connectivity index (χ0n) is 17.0. The minimum absolute atomic E-state index is 0.00820. The molecule has 0 atom stereocenters. The maximum atomic E-state index is 12.8. The fraction of sp³-hybridized carbons (Fsp3) is 0.0435. The summed E-state index contributed by atoms with van der Waals surface area (Å²) in [6.07, 6.45) is -1.83. The lowest BCUT2D eigenvalue weighted by atomic mass is 9.97. The SMILES string of the molecule is O=C(Nc1onc(-c2ccncc2)c1-c1ccccc1C(=O)O)c1ccc(OC(F)(F)F)cc1. The number of benzene rings is 2. The smallest absolute Gasteiger partial charge is 0.478 e. The number of alkyl halides is 3. The lowest BCUT2D eigenvalue weighted by Gasteiger charge is -2.10. The number of carbonyl (C=O) groups excluding carboxylic acids is 1. The average Bonchev–Trinajstić information content (AvgIpc) is 3.22. The van der Waals surface area contributed by atoms with E-state index >= 15 is 0 Å². The van der Waals surface area contributed by atoms with Crippen LogP contribution in [0.3, 0.4) is 0 Å². The van der Waals surface area contributed by atoms with E-state index in [1.165, 1.54) is 18.5 Å². The molecular weight excluding hydrogens is 455 g/mol. The van der Waals surface area contributed by atoms with Crippen molar-refractivity contribution in [2.75, 3.05) is 5.32 Å². The molecule has 2 aromatic heterocycles. The Labute approximate surface area is 189 Å². The molecule has 2 aromatic carbocycles. The summed E-state index contributed by atoms with van der Waals surface area (Å²) >= 11 is 0. The lowest BCUT2D eigenvalue weighted by Crippen LogP contribution is -2.17. The molecule has 0 radical (unpaired) electrons. The third-order valence-corrected chi connectivity index (χ3v) is 4.65. The third-order valence-electron chi connectivity index (χ3n) is 4.65. The molecule has 0 aliphatic carbocycles. The van der Waals surface area contributed by atoms with Gasteiger partial charge < -0.3 is 14.4 Å². The summed E-state index contributed by atoms with van der Waals surface area (Å²) in [7, 11) is 0. The maximum Gasteiger partial charge on any atom is 0.573 e. The first kappa shape index (κ1) is 22.5. The molecule has 0 saturated carbocycles. The molecule has 2 heterocycles. The number of carboxylic acids is 1. The number of nitrogens with zero attached hydrogens (tertiary/aromatic N) is 2. The van der Waals surface area contributed by atoms with Gasteiger partial charge in [-0.2, -0.15) is 0 Å². The van der Waals surface area contributed by atoms with Gasteiger partial charge in [0.1, 0.15) is 11.4 Å². The van der Waals surface area contributed by atoms with E-state index in [1.807, 2.05) is 0 Å². The Hall–Kier alpha value is -4.67. The second kappa shape index (κ2) is 9.06. The predicted molar refractivity (Wildman–Crippen MR) is 113 cm³/mol. The van der Waals surface area contributed by atoms with E-state index in [4.69, 9.17) is 4.52 Å². The van der Waals surface area contributed by atoms with E-state index < -0.39 is 24.0 Å². The predicted octanol–water partition coefficient (Wildman–Crippen LogP) is 5.25. The second-order valence-corrected chi connectivity index (χ2v) is 6.85. The number of halogens is 3. The number of anilines is 1. The summed E-state index contributed by atoms with van der Waals surface area (Å²) in [5.41, 5.74) is 1.24. The Bertz CT molecular complexity index is 1340. The van der Waals surface area contributed by atoms with Crippen LogP contribution in [-0.2, 0) is 0 Å². The molecule has 34 heavy (non-hydrogen) atoms. The zero-order valence-corrected chi connectivity index (χ0v) is 17.0. The minimum Gasteiger partial charge on any atom is -0.478 e. The first-order chi connectivity index (χ1) is 16.2. The number of aromatic nitrogens is 2. The van der Waals surface area contributed by atoms with Crippen LogP contribution in [0.25, 0.3) is 22.4 Å². The largest absolute Gasteiger partial charge is 0.573 e. The molecule has 172 valence electrons. The highest BCUT2D eigenvalue weighted by Gasteiger charge is 2.31. The van der Waals surface area contributed by atoms with Gasteiger partial charge in [-0.25, -0.2) is 4.79 Å². The normalized spacial score (nSPS) is 11.1. The van der Waals surface area contributed by atoms with Gasteiger partial charge in [0.15, 0.2) is 0 Å². The zero-order chi connectivity index (χ0) is 24.3. The first-order valence-electron chi connectivity index (χ1n) is 9.63. The molecular formula is C23H14F3N3O5. The van der Waals surface area contributed by atoms with Crippen LogP contribution in [0.5, 0.6) is 5.75 Å². The molecule has 2 N–H and O–H groups in total. The standard InChI is InChI=1S/C23H14F3N3O5/c24-23(25,26)33-15-7-5-14(6-8-15)20(30)28-21-18(16-3-1-2-4-17(16)22(31)32)19(29-34-21)13-9-11-27-12-10-13/h1-12H,(H,28,30)(H,31,32). The van der Waals surface area contributed by atoms with E-state index in [1.54, 1.807) is 30.3 Å². The molecule has 0 unspecified atom stereocenters. The maximum absolute atomic E-state index is 12.8. The van der Waals surface area contributed by atoms with Crippen molar-refractivity contribution in [1.82, 2.24) is 10.1 Å². The van der Waals surface area contributed by atoms with Gasteiger partial charge in [-0.1, -0.05) is 23.4 Å². The van der Waals surface area contributed by atoms with Crippen LogP contribution in [-0.4, -0.2) is 33.5 Å². The van der Waals surface area contributed by atoms with Gasteiger partial charge in [-0.05, 0) is 42.5 Å². The topological polar surface area (TPSA) is 115 Å². The van der Waals surface area contributed by atoms with Crippen LogP contribution in [0, 0.1) is 0 Å². The molecule has 0 fully saturated rings. The number of hydrogen-bond donors (Lipinski definition) is 2. The van der Waals surface area contributed by atoms with Gasteiger partial charge in [-0.3, -0.25) is 15.1 Å². The number of carboxylic acid groups (broad SMARTS) is 1. The van der Waals surface area contributed by atoms with Crippen molar-refractivity contribution in [2.45, 2.75) is 6.36 Å². The summed E-state index contributed by atoms with van der Waals surface area (Å²) < 4.78 is 46.2. The van der Waals surface area contributed by atoms with E-state index in [-0.39, 0.29) is 33.8 Å². The van der Waals surface area contributed by atoms with Crippen molar-refractivity contribution < 1.29 is 37.1 Å². The van der Waals surface area contributed by atoms with Gasteiger partial charge >= 0.3 is 12.3 Å². The summed E-state index contributed by atoms with van der Waals surface area (Å²) in [5, 5.41) is 16.2. The molecule has 4 rings (SSSR count). The van der Waals surface area contributed by atoms with Gasteiger partial charge in [0, 0.05) is 29.1 Å². The fourth-order valence-electron chi connectivity index (χ4n) is 3.20. The number of nitrogens with one attached hydrogen (secondary N) is 1. The van der Waals surface area contributed by atoms with Gasteiger partial charge in [0.2, 0.25) is 5.88 Å². The molecule has 0 spiro atoms. The summed E-state index contributed by atoms with van der Waals surface area (Å²) in [6.45, 7) is 0. The average molecular weight is 469 g/mol. The minimum atomic E-state index is -4.86. The number of amides is 1. The number of pyridine rings is 1. The van der Waals surface area contributed by atoms with E-state index in [0.717, 1.165) is 24.3 Å². The monoisotopic (exact) mass is 469 g/mol. The van der Waals surface area contributed by atoms with Crippen LogP contribution >= 0.6 is 0 Å². The first-order valence-corrected chi connectivity index (χ1v) is 9.63. The Morgan fingerprint density at radius 3 is 2.29 bits per heavy atom. The summed E-state index contributed by atoms with van der Waals surface area (Å²) in [5.74, 6) is -2.54. The van der Waals surface area contributed by atoms with Crippen LogP contribution in [0.15, 0.2) is 77.6 Å². The van der Waals surface area contributed by atoms with Crippen molar-refractivity contribution in [3.05, 3.63) is 84.2 Å². The van der Waals surface area contributed by atoms with E-state index in [9.17, 15) is 27.9 Å². The number of aromatic carboxylic acids is 1. The summed E-state index contributed by atoms with van der Waals surface area (Å²) in [6, 6.07) is 13.6. The highest BCUT2D eigenvalue weighted by Crippen LogP contribution is 2.39. The molecule has 4 aromatic rings. The van der Waals surface area contributed by atoms with Crippen LogP contribution < -0.4 is 10.1 Å². The number of hydrogen-bond acceptors (Lipinski definition) is 6. The van der Waals surface area contributed by atoms with E-state index in [0.29, 0.717) is 5.56 Å². The van der Waals surface area contributed by atoms with Crippen molar-refractivity contribution in [2.24, 2.45) is 0 Å². The van der Waals surface area contributed by atoms with Crippen LogP contribution in [0.4, 0.5) is 19.1 Å². The Balaban J connectivity index is 1.73. The molecule has 0 bridgehead atoms. The van der Waals surface area contributed by atoms with Crippen molar-refractivity contribution in [1.29, 1.82) is 0 Å². The molecule has 0 aliphatic heterocycles. The number of carbonyl (C=O) groups is 2. The Morgan fingerprint density at radius 2 is 1.65 bits per heavy atom. The van der Waals surface area contributed by atoms with Gasteiger partial charge in [0.05, 0.1) is 11.1 Å². The highest BCUT2D eigenvalue weighted by molar-refractivity contribution is 6.08. The van der Waals surface area contributed by atoms with Crippen molar-refractivity contribution in [3.63, 3.8) is 0 Å². The number of rotatable bonds is 6. The lowest BCUT2D eigenvalue weighted by molar-refractivity contribution is -0.274. The molecule has 0 saturated heterocycles. The van der Waals surface area contributed by atoms with Crippen molar-refractivity contribution in [3.8, 4) is 28.1 Å². The second-order valence-electron chi connectivity index (χ2n) is 6.85. The molecule has 0 aliphatic rings. The van der Waals surface area contributed by atoms with Crippen LogP contribution in [0.2, 0.25) is 0 Å². The Morgan fingerprint density at radius 1 is 0.971 bits per heavy atom. The van der Waals surface area contributed by atoms with Gasteiger partial charge in [-0.15, -0.1) is 13.2 Å². The Kier molecular flexibility index (Phi) is 6.00. The number of ether oxygens (including phenoxy) is 1.